The third-order valence-corrected chi connectivity index (χ3v) is 7.42. The molecule has 184 valence electrons. The summed E-state index contributed by atoms with van der Waals surface area (Å²) in [6.45, 7) is 0. The zero-order valence-electron chi connectivity index (χ0n) is 19.8. The van der Waals surface area contributed by atoms with Gasteiger partial charge in [-0.25, -0.2) is 14.4 Å². The van der Waals surface area contributed by atoms with E-state index in [0.29, 0.717) is 40.1 Å². The van der Waals surface area contributed by atoms with Crippen LogP contribution in [0.3, 0.4) is 0 Å². The topological polar surface area (TPSA) is 120 Å². The Morgan fingerprint density at radius 1 is 1.11 bits per heavy atom. The minimum Gasteiger partial charge on any atom is -0.507 e. The van der Waals surface area contributed by atoms with Crippen molar-refractivity contribution in [3.05, 3.63) is 42.4 Å². The first-order valence-corrected chi connectivity index (χ1v) is 12.2. The van der Waals surface area contributed by atoms with Gasteiger partial charge in [-0.1, -0.05) is 6.07 Å². The summed E-state index contributed by atoms with van der Waals surface area (Å²) in [5.74, 6) is 0.821. The number of phenols is 1. The summed E-state index contributed by atoms with van der Waals surface area (Å²) in [5, 5.41) is 32.0. The Morgan fingerprint density at radius 3 is 2.67 bits per heavy atom. The smallest absolute Gasteiger partial charge is 0.245 e. The fraction of sp³-hybridized carbons (Fsp3) is 0.423. The number of halogens is 1. The Balaban J connectivity index is 1.25. The number of aromatic hydroxyl groups is 1. The summed E-state index contributed by atoms with van der Waals surface area (Å²) < 4.78 is 20.5. The molecule has 3 fully saturated rings. The van der Waals surface area contributed by atoms with Crippen LogP contribution in [0.5, 0.6) is 11.5 Å². The summed E-state index contributed by atoms with van der Waals surface area (Å²) in [4.78, 5) is 10.7. The lowest BCUT2D eigenvalue weighted by atomic mass is 9.96. The molecule has 2 aliphatic heterocycles. The van der Waals surface area contributed by atoms with E-state index in [9.17, 15) is 5.11 Å². The van der Waals surface area contributed by atoms with Crippen molar-refractivity contribution in [3.8, 4) is 40.0 Å². The molecule has 2 N–H and O–H groups in total. The van der Waals surface area contributed by atoms with Gasteiger partial charge in [-0.05, 0) is 55.9 Å². The van der Waals surface area contributed by atoms with Crippen molar-refractivity contribution >= 4 is 5.95 Å². The second-order valence-corrected chi connectivity index (χ2v) is 9.70. The van der Waals surface area contributed by atoms with Crippen LogP contribution in [0.2, 0.25) is 0 Å². The van der Waals surface area contributed by atoms with Crippen LogP contribution in [0.1, 0.15) is 37.8 Å². The maximum Gasteiger partial charge on any atom is 0.245 e. The molecular weight excluding hydrogens is 461 g/mol. The van der Waals surface area contributed by atoms with Crippen LogP contribution in [-0.4, -0.2) is 62.7 Å². The van der Waals surface area contributed by atoms with Gasteiger partial charge in [0.2, 0.25) is 5.95 Å². The quantitative estimate of drug-likeness (QED) is 0.539. The van der Waals surface area contributed by atoms with Gasteiger partial charge in [-0.15, -0.1) is 10.2 Å². The van der Waals surface area contributed by atoms with Crippen LogP contribution in [0.25, 0.3) is 22.4 Å². The van der Waals surface area contributed by atoms with Crippen LogP contribution in [0.15, 0.2) is 36.7 Å². The first kappa shape index (κ1) is 22.6. The lowest BCUT2D eigenvalue weighted by Crippen LogP contribution is -2.57. The second kappa shape index (κ2) is 8.99. The molecule has 2 aromatic heterocycles. The lowest BCUT2D eigenvalue weighted by Gasteiger charge is -2.40. The highest BCUT2D eigenvalue weighted by Gasteiger charge is 2.48. The zero-order valence-corrected chi connectivity index (χ0v) is 19.8. The molecule has 4 atom stereocenters. The van der Waals surface area contributed by atoms with Gasteiger partial charge in [-0.2, -0.15) is 5.26 Å². The van der Waals surface area contributed by atoms with Crippen LogP contribution < -0.4 is 15.0 Å². The molecule has 0 unspecified atom stereocenters. The second-order valence-electron chi connectivity index (χ2n) is 9.70. The van der Waals surface area contributed by atoms with Gasteiger partial charge in [0.1, 0.15) is 23.7 Å². The van der Waals surface area contributed by atoms with E-state index in [0.717, 1.165) is 32.1 Å². The fourth-order valence-electron chi connectivity index (χ4n) is 5.46. The summed E-state index contributed by atoms with van der Waals surface area (Å²) in [5.41, 5.74) is 2.51. The molecule has 6 rings (SSSR count). The number of pyridine rings is 1. The molecule has 1 aromatic carbocycles. The van der Waals surface area contributed by atoms with Gasteiger partial charge in [0.05, 0.1) is 19.3 Å². The molecule has 10 heteroatoms. The summed E-state index contributed by atoms with van der Waals surface area (Å²) in [6.07, 6.45) is 6.84. The first-order valence-electron chi connectivity index (χ1n) is 12.2. The molecule has 1 saturated carbocycles. The number of nitrogens with one attached hydrogen (secondary N) is 1. The Bertz CT molecular complexity index is 1320. The molecule has 2 saturated heterocycles. The van der Waals surface area contributed by atoms with Gasteiger partial charge >= 0.3 is 0 Å². The number of methoxy groups -OCH3 is 1. The normalized spacial score (nSPS) is 24.8. The molecule has 3 aliphatic rings. The largest absolute Gasteiger partial charge is 0.507 e. The van der Waals surface area contributed by atoms with Crippen LogP contribution in [0, 0.1) is 11.3 Å². The van der Waals surface area contributed by atoms with E-state index in [4.69, 9.17) is 10.00 Å². The summed E-state index contributed by atoms with van der Waals surface area (Å²) in [6, 6.07) is 9.12. The van der Waals surface area contributed by atoms with Crippen LogP contribution in [-0.2, 0) is 0 Å². The zero-order chi connectivity index (χ0) is 24.8. The van der Waals surface area contributed by atoms with Crippen LogP contribution >= 0.6 is 0 Å². The van der Waals surface area contributed by atoms with E-state index in [1.807, 2.05) is 17.0 Å². The SMILES string of the molecule is COc1cc(-c2ccc(-c3cnc(N(C4CC4)[C@@H]4C[C@@H]5CC[C@H](N5)[C@@H]4F)nn3)c(O)c2)cnc1C#N. The predicted molar refractivity (Wildman–Crippen MR) is 130 cm³/mol. The summed E-state index contributed by atoms with van der Waals surface area (Å²) in [7, 11) is 1.48. The Hall–Kier alpha value is -3.84. The van der Waals surface area contributed by atoms with Crippen LogP contribution in [0.4, 0.5) is 10.3 Å². The molecule has 0 radical (unpaired) electrons. The standard InChI is InChI=1S/C26H26FN7O2/c1-36-24-9-15(12-29-20(24)11-28)14-2-6-18(23(35)8-14)21-13-30-26(33-32-21)34(17-4-5-17)22-10-16-3-7-19(31-16)25(22)27/h2,6,8-9,12-13,16-17,19,22,25,31,35H,3-5,7,10H2,1H3/t16-,19-,22+,25-/m0/s1. The first-order chi connectivity index (χ1) is 17.6. The number of phenolic OH excluding ortho intramolecular Hbond substituents is 1. The van der Waals surface area contributed by atoms with E-state index >= 15 is 4.39 Å². The number of hydrogen-bond donors (Lipinski definition) is 2. The highest BCUT2D eigenvalue weighted by Crippen LogP contribution is 2.40. The third kappa shape index (κ3) is 3.99. The van der Waals surface area contributed by atoms with Gasteiger partial charge in [0.25, 0.3) is 0 Å². The average molecular weight is 488 g/mol. The maximum absolute atomic E-state index is 15.3. The number of nitriles is 1. The lowest BCUT2D eigenvalue weighted by molar-refractivity contribution is 0.171. The minimum atomic E-state index is -0.959. The average Bonchev–Trinajstić information content (AvgIpc) is 3.66. The number of rotatable bonds is 6. The predicted octanol–water partition coefficient (Wildman–Crippen LogP) is 3.39. The maximum atomic E-state index is 15.3. The summed E-state index contributed by atoms with van der Waals surface area (Å²) >= 11 is 0. The van der Waals surface area contributed by atoms with E-state index in [1.54, 1.807) is 30.6 Å². The van der Waals surface area contributed by atoms with Crippen molar-refractivity contribution in [3.63, 3.8) is 0 Å². The molecule has 1 aliphatic carbocycles. The van der Waals surface area contributed by atoms with Crippen molar-refractivity contribution in [1.29, 1.82) is 5.26 Å². The number of anilines is 1. The number of fused-ring (bicyclic) bond motifs is 2. The number of ether oxygens (including phenoxy) is 1. The van der Waals surface area contributed by atoms with E-state index in [2.05, 4.69) is 25.5 Å². The van der Waals surface area contributed by atoms with Gasteiger partial charge in [-0.3, -0.25) is 0 Å². The molecule has 0 spiro atoms. The minimum absolute atomic E-state index is 0.0116. The molecule has 9 nitrogen and oxygen atoms in total. The van der Waals surface area contributed by atoms with Crippen molar-refractivity contribution < 1.29 is 14.2 Å². The number of benzene rings is 1. The molecule has 3 aromatic rings. The third-order valence-electron chi connectivity index (χ3n) is 7.42. The number of hydrogen-bond acceptors (Lipinski definition) is 9. The van der Waals surface area contributed by atoms with E-state index in [-0.39, 0.29) is 29.6 Å². The Morgan fingerprint density at radius 2 is 1.97 bits per heavy atom. The van der Waals surface area contributed by atoms with E-state index in [1.165, 1.54) is 7.11 Å². The van der Waals surface area contributed by atoms with Crippen molar-refractivity contribution in [2.75, 3.05) is 12.0 Å². The molecule has 0 amide bonds. The molecule has 4 heterocycles. The van der Waals surface area contributed by atoms with Gasteiger partial charge in [0.15, 0.2) is 11.4 Å². The Labute approximate surface area is 208 Å². The van der Waals surface area contributed by atoms with Gasteiger partial charge in [0, 0.05) is 35.4 Å². The number of nitrogens with zero attached hydrogens (tertiary/aromatic N) is 6. The molecular formula is C26H26FN7O2. The number of piperidine rings is 1. The monoisotopic (exact) mass is 487 g/mol. The van der Waals surface area contributed by atoms with Crippen molar-refractivity contribution in [2.24, 2.45) is 0 Å². The van der Waals surface area contributed by atoms with E-state index < -0.39 is 6.17 Å². The molecule has 2 bridgehead atoms. The number of aromatic nitrogens is 4. The highest BCUT2D eigenvalue weighted by molar-refractivity contribution is 5.74. The van der Waals surface area contributed by atoms with Crippen molar-refractivity contribution in [2.45, 2.75) is 62.4 Å². The van der Waals surface area contributed by atoms with Gasteiger partial charge < -0.3 is 20.1 Å². The highest BCUT2D eigenvalue weighted by atomic mass is 19.1. The molecule has 36 heavy (non-hydrogen) atoms. The van der Waals surface area contributed by atoms with Crippen molar-refractivity contribution in [1.82, 2.24) is 25.5 Å². The number of alkyl halides is 1. The fourth-order valence-corrected chi connectivity index (χ4v) is 5.46. The Kier molecular flexibility index (Phi) is 5.64.